The predicted octanol–water partition coefficient (Wildman–Crippen LogP) is 5.27. The first-order chi connectivity index (χ1) is 10.7. The van der Waals surface area contributed by atoms with Crippen molar-refractivity contribution >= 4 is 11.6 Å². The van der Waals surface area contributed by atoms with Crippen LogP contribution < -0.4 is 0 Å². The Bertz CT molecular complexity index is 727. The number of rotatable bonds is 5. The van der Waals surface area contributed by atoms with Crippen molar-refractivity contribution in [1.82, 2.24) is 9.97 Å². The molecule has 3 heteroatoms. The zero-order chi connectivity index (χ0) is 15.4. The molecular formula is C19H19ClN2. The number of halogens is 1. The maximum absolute atomic E-state index is 5.91. The van der Waals surface area contributed by atoms with Crippen LogP contribution in [0.2, 0.25) is 5.02 Å². The Morgan fingerprint density at radius 1 is 0.955 bits per heavy atom. The van der Waals surface area contributed by atoms with Crippen LogP contribution in [-0.2, 0) is 12.8 Å². The highest BCUT2D eigenvalue weighted by Crippen LogP contribution is 2.19. The maximum atomic E-state index is 5.91. The number of imidazole rings is 1. The van der Waals surface area contributed by atoms with Gasteiger partial charge in [0.1, 0.15) is 5.82 Å². The lowest BCUT2D eigenvalue weighted by molar-refractivity contribution is 0.922. The number of hydrogen-bond donors (Lipinski definition) is 1. The molecule has 0 spiro atoms. The van der Waals surface area contributed by atoms with E-state index in [1.807, 2.05) is 30.5 Å². The molecule has 0 fully saturated rings. The largest absolute Gasteiger partial charge is 0.342 e. The lowest BCUT2D eigenvalue weighted by Gasteiger charge is -2.01. The minimum Gasteiger partial charge on any atom is -0.342 e. The molecule has 0 unspecified atom stereocenters. The van der Waals surface area contributed by atoms with Crippen LogP contribution in [0, 0.1) is 0 Å². The van der Waals surface area contributed by atoms with Gasteiger partial charge in [-0.3, -0.25) is 0 Å². The van der Waals surface area contributed by atoms with Gasteiger partial charge in [-0.1, -0.05) is 61.3 Å². The number of benzene rings is 2. The molecule has 0 saturated heterocycles. The van der Waals surface area contributed by atoms with Gasteiger partial charge in [-0.15, -0.1) is 0 Å². The highest BCUT2D eigenvalue weighted by Gasteiger charge is 2.04. The summed E-state index contributed by atoms with van der Waals surface area (Å²) >= 11 is 5.91. The summed E-state index contributed by atoms with van der Waals surface area (Å²) in [5.41, 5.74) is 4.82. The summed E-state index contributed by atoms with van der Waals surface area (Å²) in [5.74, 6) is 0.968. The summed E-state index contributed by atoms with van der Waals surface area (Å²) in [5, 5.41) is 0.760. The average molecular weight is 311 g/mol. The normalized spacial score (nSPS) is 10.8. The first-order valence-electron chi connectivity index (χ1n) is 7.62. The topological polar surface area (TPSA) is 28.7 Å². The monoisotopic (exact) mass is 310 g/mol. The number of aromatic amines is 1. The molecule has 1 N–H and O–H groups in total. The van der Waals surface area contributed by atoms with Crippen molar-refractivity contribution in [2.24, 2.45) is 0 Å². The van der Waals surface area contributed by atoms with Gasteiger partial charge in [-0.2, -0.15) is 0 Å². The van der Waals surface area contributed by atoms with E-state index in [1.165, 1.54) is 23.1 Å². The summed E-state index contributed by atoms with van der Waals surface area (Å²) < 4.78 is 0. The highest BCUT2D eigenvalue weighted by molar-refractivity contribution is 6.30. The van der Waals surface area contributed by atoms with Crippen LogP contribution in [0.25, 0.3) is 11.3 Å². The summed E-state index contributed by atoms with van der Waals surface area (Å²) in [7, 11) is 0. The van der Waals surface area contributed by atoms with Gasteiger partial charge in [-0.05, 0) is 35.2 Å². The van der Waals surface area contributed by atoms with E-state index in [2.05, 4.69) is 41.2 Å². The van der Waals surface area contributed by atoms with Crippen molar-refractivity contribution in [1.29, 1.82) is 0 Å². The van der Waals surface area contributed by atoms with Crippen molar-refractivity contribution in [2.45, 2.75) is 26.2 Å². The summed E-state index contributed by atoms with van der Waals surface area (Å²) in [6.45, 7) is 2.20. The Labute approximate surface area is 136 Å². The van der Waals surface area contributed by atoms with E-state index in [0.29, 0.717) is 0 Å². The van der Waals surface area contributed by atoms with Gasteiger partial charge in [0.15, 0.2) is 0 Å². The van der Waals surface area contributed by atoms with Crippen molar-refractivity contribution in [3.8, 4) is 11.3 Å². The molecule has 3 aromatic rings. The van der Waals surface area contributed by atoms with Crippen LogP contribution in [0.1, 0.15) is 30.3 Å². The fraction of sp³-hybridized carbons (Fsp3) is 0.211. The zero-order valence-electron chi connectivity index (χ0n) is 12.6. The van der Waals surface area contributed by atoms with Crippen LogP contribution in [0.4, 0.5) is 0 Å². The van der Waals surface area contributed by atoms with Crippen molar-refractivity contribution < 1.29 is 0 Å². The number of nitrogens with one attached hydrogen (secondary N) is 1. The van der Waals surface area contributed by atoms with Crippen LogP contribution in [0.3, 0.4) is 0 Å². The standard InChI is InChI=1S/C19H19ClN2/c1-2-3-14-4-8-16(9-5-14)18-13-21-19(22-18)12-15-6-10-17(20)11-7-15/h4-11,13H,2-3,12H2,1H3,(H,21,22). The highest BCUT2D eigenvalue weighted by atomic mass is 35.5. The number of H-pyrrole nitrogens is 1. The fourth-order valence-corrected chi connectivity index (χ4v) is 2.66. The zero-order valence-corrected chi connectivity index (χ0v) is 13.4. The van der Waals surface area contributed by atoms with Gasteiger partial charge >= 0.3 is 0 Å². The summed E-state index contributed by atoms with van der Waals surface area (Å²) in [6.07, 6.45) is 4.99. The minimum absolute atomic E-state index is 0.760. The quantitative estimate of drug-likeness (QED) is 0.683. The minimum atomic E-state index is 0.760. The molecule has 1 aromatic heterocycles. The molecule has 0 radical (unpaired) electrons. The van der Waals surface area contributed by atoms with E-state index in [-0.39, 0.29) is 0 Å². The Morgan fingerprint density at radius 3 is 2.32 bits per heavy atom. The van der Waals surface area contributed by atoms with Gasteiger partial charge in [0, 0.05) is 11.4 Å². The van der Waals surface area contributed by atoms with Gasteiger partial charge in [0.05, 0.1) is 11.9 Å². The van der Waals surface area contributed by atoms with Crippen molar-refractivity contribution in [2.75, 3.05) is 0 Å². The third-order valence-electron chi connectivity index (χ3n) is 3.72. The molecular weight excluding hydrogens is 292 g/mol. The van der Waals surface area contributed by atoms with Crippen LogP contribution in [0.15, 0.2) is 54.7 Å². The van der Waals surface area contributed by atoms with E-state index >= 15 is 0 Å². The second-order valence-corrected chi connectivity index (χ2v) is 5.93. The first-order valence-corrected chi connectivity index (χ1v) is 8.00. The molecule has 3 rings (SSSR count). The number of aromatic nitrogens is 2. The molecule has 0 atom stereocenters. The van der Waals surface area contributed by atoms with E-state index in [9.17, 15) is 0 Å². The molecule has 0 aliphatic carbocycles. The number of aryl methyl sites for hydroxylation is 1. The average Bonchev–Trinajstić information content (AvgIpc) is 2.99. The first kappa shape index (κ1) is 14.9. The molecule has 0 saturated carbocycles. The molecule has 0 aliphatic rings. The summed E-state index contributed by atoms with van der Waals surface area (Å²) in [4.78, 5) is 7.88. The molecule has 2 nitrogen and oxygen atoms in total. The molecule has 22 heavy (non-hydrogen) atoms. The second-order valence-electron chi connectivity index (χ2n) is 5.49. The summed E-state index contributed by atoms with van der Waals surface area (Å²) in [6, 6.07) is 16.6. The molecule has 0 aliphatic heterocycles. The van der Waals surface area contributed by atoms with E-state index in [0.717, 1.165) is 29.4 Å². The third-order valence-corrected chi connectivity index (χ3v) is 3.97. The van der Waals surface area contributed by atoms with E-state index in [1.54, 1.807) is 0 Å². The lowest BCUT2D eigenvalue weighted by atomic mass is 10.1. The van der Waals surface area contributed by atoms with Crippen LogP contribution in [-0.4, -0.2) is 9.97 Å². The van der Waals surface area contributed by atoms with Gasteiger partial charge < -0.3 is 4.98 Å². The van der Waals surface area contributed by atoms with Crippen LogP contribution in [0.5, 0.6) is 0 Å². The Kier molecular flexibility index (Phi) is 4.59. The van der Waals surface area contributed by atoms with Gasteiger partial charge in [-0.25, -0.2) is 4.98 Å². The number of hydrogen-bond acceptors (Lipinski definition) is 1. The number of nitrogens with zero attached hydrogens (tertiary/aromatic N) is 1. The maximum Gasteiger partial charge on any atom is 0.110 e. The Hall–Kier alpha value is -2.06. The van der Waals surface area contributed by atoms with Crippen molar-refractivity contribution in [3.63, 3.8) is 0 Å². The van der Waals surface area contributed by atoms with Gasteiger partial charge in [0.25, 0.3) is 0 Å². The molecule has 1 heterocycles. The molecule has 112 valence electrons. The molecule has 2 aromatic carbocycles. The van der Waals surface area contributed by atoms with E-state index < -0.39 is 0 Å². The second kappa shape index (κ2) is 6.80. The lowest BCUT2D eigenvalue weighted by Crippen LogP contribution is -1.90. The Balaban J connectivity index is 1.74. The fourth-order valence-electron chi connectivity index (χ4n) is 2.53. The predicted molar refractivity (Wildman–Crippen MR) is 92.3 cm³/mol. The van der Waals surface area contributed by atoms with Gasteiger partial charge in [0.2, 0.25) is 0 Å². The smallest absolute Gasteiger partial charge is 0.110 e. The van der Waals surface area contributed by atoms with Crippen molar-refractivity contribution in [3.05, 3.63) is 76.7 Å². The molecule has 0 bridgehead atoms. The SMILES string of the molecule is CCCc1ccc(-c2cnc(Cc3ccc(Cl)cc3)[nH]2)cc1. The Morgan fingerprint density at radius 2 is 1.64 bits per heavy atom. The van der Waals surface area contributed by atoms with Crippen LogP contribution >= 0.6 is 11.6 Å². The molecule has 0 amide bonds. The third kappa shape index (κ3) is 3.58. The van der Waals surface area contributed by atoms with E-state index in [4.69, 9.17) is 11.6 Å².